The van der Waals surface area contributed by atoms with Crippen molar-refractivity contribution in [1.82, 2.24) is 0 Å². The summed E-state index contributed by atoms with van der Waals surface area (Å²) in [5, 5.41) is 0. The molecule has 0 saturated carbocycles. The van der Waals surface area contributed by atoms with Crippen LogP contribution in [0.3, 0.4) is 0 Å². The minimum atomic E-state index is 0.0567. The van der Waals surface area contributed by atoms with Gasteiger partial charge in [-0.25, -0.2) is 4.79 Å². The lowest BCUT2D eigenvalue weighted by molar-refractivity contribution is -0.119. The third-order valence-corrected chi connectivity index (χ3v) is 2.35. The van der Waals surface area contributed by atoms with E-state index in [9.17, 15) is 4.79 Å². The second kappa shape index (κ2) is 3.65. The Kier molecular flexibility index (Phi) is 3.48. The smallest absolute Gasteiger partial charge is 0.244 e. The van der Waals surface area contributed by atoms with E-state index in [1.807, 2.05) is 6.92 Å². The molecule has 0 aliphatic carbocycles. The Morgan fingerprint density at radius 1 is 1.20 bits per heavy atom. The van der Waals surface area contributed by atoms with Crippen LogP contribution in [-0.2, 0) is 4.79 Å². The maximum atomic E-state index is 10.8. The topological polar surface area (TPSA) is 17.1 Å². The molecule has 58 valence electrons. The van der Waals surface area contributed by atoms with Crippen molar-refractivity contribution in [2.75, 3.05) is 0 Å². The van der Waals surface area contributed by atoms with Crippen LogP contribution in [0.25, 0.3) is 0 Å². The molecule has 0 fully saturated rings. The Hall–Kier alpha value is -0.460. The van der Waals surface area contributed by atoms with Gasteiger partial charge in [0, 0.05) is 0 Å². The monoisotopic (exact) mass is 141 g/mol. The quantitative estimate of drug-likeness (QED) is 0.551. The van der Waals surface area contributed by atoms with E-state index in [1.165, 1.54) is 0 Å². The fourth-order valence-corrected chi connectivity index (χ4v) is 0.871. The van der Waals surface area contributed by atoms with Crippen LogP contribution in [0.4, 0.5) is 0 Å². The third-order valence-electron chi connectivity index (χ3n) is 2.35. The molecule has 0 aliphatic heterocycles. The molecule has 10 heavy (non-hydrogen) atoms. The Balaban J connectivity index is 3.94. The molecular weight excluding hydrogens is 124 g/mol. The van der Waals surface area contributed by atoms with Gasteiger partial charge in [0.15, 0.2) is 0 Å². The fourth-order valence-electron chi connectivity index (χ4n) is 0.871. The molecule has 0 aliphatic rings. The number of rotatable bonds is 3. The summed E-state index contributed by atoms with van der Waals surface area (Å²) in [5.41, 5.74) is 0. The summed E-state index contributed by atoms with van der Waals surface area (Å²) in [6.07, 6.45) is 0. The zero-order chi connectivity index (χ0) is 8.31. The van der Waals surface area contributed by atoms with E-state index in [0.717, 1.165) is 0 Å². The van der Waals surface area contributed by atoms with Crippen LogP contribution >= 0.6 is 0 Å². The van der Waals surface area contributed by atoms with Crippen molar-refractivity contribution < 1.29 is 4.79 Å². The fraction of sp³-hybridized carbons (Fsp3) is 0.778. The summed E-state index contributed by atoms with van der Waals surface area (Å²) < 4.78 is 0. The molecule has 0 aromatic carbocycles. The van der Waals surface area contributed by atoms with Gasteiger partial charge in [-0.1, -0.05) is 27.7 Å². The summed E-state index contributed by atoms with van der Waals surface area (Å²) in [4.78, 5) is 10.8. The van der Waals surface area contributed by atoms with Gasteiger partial charge >= 0.3 is 5.78 Å². The van der Waals surface area contributed by atoms with E-state index in [-0.39, 0.29) is 11.7 Å². The minimum Gasteiger partial charge on any atom is -0.244 e. The first-order valence-electron chi connectivity index (χ1n) is 3.82. The van der Waals surface area contributed by atoms with E-state index >= 15 is 0 Å². The molecule has 0 amide bonds. The van der Waals surface area contributed by atoms with E-state index in [2.05, 4.69) is 27.7 Å². The molecule has 2 unspecified atom stereocenters. The predicted octanol–water partition coefficient (Wildman–Crippen LogP) is 2.32. The molecule has 0 radical (unpaired) electrons. The highest BCUT2D eigenvalue weighted by Gasteiger charge is 2.23. The Morgan fingerprint density at radius 2 is 1.60 bits per heavy atom. The van der Waals surface area contributed by atoms with Gasteiger partial charge in [-0.15, -0.1) is 0 Å². The average molecular weight is 141 g/mol. The van der Waals surface area contributed by atoms with Crippen LogP contribution in [-0.4, -0.2) is 5.78 Å². The van der Waals surface area contributed by atoms with Gasteiger partial charge in [0.2, 0.25) is 0 Å². The zero-order valence-electron chi connectivity index (χ0n) is 7.35. The van der Waals surface area contributed by atoms with Crippen LogP contribution in [0.5, 0.6) is 0 Å². The lowest BCUT2D eigenvalue weighted by Gasteiger charge is -2.17. The molecule has 0 rings (SSSR count). The maximum absolute atomic E-state index is 10.8. The summed E-state index contributed by atoms with van der Waals surface area (Å²) >= 11 is 0. The molecular formula is C9H17O+. The SMILES string of the molecule is [CH2+]C(=O)C(C)C(C)C(C)C. The second-order valence-electron chi connectivity index (χ2n) is 3.36. The number of Topliss-reactive ketones (excluding diaryl/α,β-unsaturated/α-hetero) is 1. The summed E-state index contributed by atoms with van der Waals surface area (Å²) in [7, 11) is 0. The van der Waals surface area contributed by atoms with Gasteiger partial charge in [0.1, 0.15) is 6.92 Å². The van der Waals surface area contributed by atoms with Crippen molar-refractivity contribution in [2.45, 2.75) is 27.7 Å². The molecule has 0 heterocycles. The Bertz CT molecular complexity index is 116. The Morgan fingerprint density at radius 3 is 1.70 bits per heavy atom. The number of hydrogen-bond acceptors (Lipinski definition) is 1. The predicted molar refractivity (Wildman–Crippen MR) is 43.5 cm³/mol. The number of carbonyl (C=O) groups is 1. The van der Waals surface area contributed by atoms with Gasteiger partial charge in [-0.3, -0.25) is 0 Å². The van der Waals surface area contributed by atoms with Crippen LogP contribution in [0.2, 0.25) is 0 Å². The van der Waals surface area contributed by atoms with Crippen molar-refractivity contribution in [3.05, 3.63) is 6.92 Å². The molecule has 1 nitrogen and oxygen atoms in total. The lowest BCUT2D eigenvalue weighted by atomic mass is 9.84. The third kappa shape index (κ3) is 2.42. The van der Waals surface area contributed by atoms with Gasteiger partial charge in [-0.05, 0) is 11.8 Å². The van der Waals surface area contributed by atoms with E-state index in [1.54, 1.807) is 0 Å². The first-order chi connectivity index (χ1) is 4.46. The number of ketones is 1. The van der Waals surface area contributed by atoms with Crippen LogP contribution in [0.15, 0.2) is 0 Å². The maximum Gasteiger partial charge on any atom is 0.306 e. The lowest BCUT2D eigenvalue weighted by Crippen LogP contribution is -2.20. The van der Waals surface area contributed by atoms with Crippen LogP contribution in [0.1, 0.15) is 27.7 Å². The minimum absolute atomic E-state index is 0.0567. The van der Waals surface area contributed by atoms with Gasteiger partial charge in [-0.2, -0.15) is 0 Å². The summed E-state index contributed by atoms with van der Waals surface area (Å²) in [6.45, 7) is 11.7. The van der Waals surface area contributed by atoms with Gasteiger partial charge in [0.25, 0.3) is 0 Å². The highest BCUT2D eigenvalue weighted by Crippen LogP contribution is 2.20. The van der Waals surface area contributed by atoms with Gasteiger partial charge < -0.3 is 0 Å². The molecule has 0 N–H and O–H groups in total. The van der Waals surface area contributed by atoms with E-state index in [0.29, 0.717) is 11.8 Å². The normalized spacial score (nSPS) is 16.9. The zero-order valence-corrected chi connectivity index (χ0v) is 7.35. The standard InChI is InChI=1S/C9H17O/c1-6(2)7(3)8(4)9(5)10/h6-8H,5H2,1-4H3/q+1. The summed E-state index contributed by atoms with van der Waals surface area (Å²) in [6, 6.07) is 0. The van der Waals surface area contributed by atoms with E-state index < -0.39 is 0 Å². The average Bonchev–Trinajstić information content (AvgIpc) is 1.84. The highest BCUT2D eigenvalue weighted by atomic mass is 16.1. The molecule has 0 aromatic rings. The molecule has 2 atom stereocenters. The Labute approximate surface area is 63.8 Å². The van der Waals surface area contributed by atoms with E-state index in [4.69, 9.17) is 0 Å². The summed E-state index contributed by atoms with van der Waals surface area (Å²) in [5.74, 6) is 1.19. The first kappa shape index (κ1) is 9.54. The second-order valence-corrected chi connectivity index (χ2v) is 3.36. The largest absolute Gasteiger partial charge is 0.306 e. The van der Waals surface area contributed by atoms with Crippen LogP contribution < -0.4 is 0 Å². The number of hydrogen-bond donors (Lipinski definition) is 0. The molecule has 0 spiro atoms. The van der Waals surface area contributed by atoms with Crippen molar-refractivity contribution in [3.63, 3.8) is 0 Å². The van der Waals surface area contributed by atoms with Crippen LogP contribution in [0, 0.1) is 24.7 Å². The molecule has 0 bridgehead atoms. The van der Waals surface area contributed by atoms with Crippen molar-refractivity contribution >= 4 is 5.78 Å². The molecule has 1 heteroatoms. The molecule has 0 aromatic heterocycles. The highest BCUT2D eigenvalue weighted by molar-refractivity contribution is 5.84. The first-order valence-corrected chi connectivity index (χ1v) is 3.82. The number of carbonyl (C=O) groups excluding carboxylic acids is 1. The molecule has 0 saturated heterocycles. The van der Waals surface area contributed by atoms with Crippen molar-refractivity contribution in [1.29, 1.82) is 0 Å². The van der Waals surface area contributed by atoms with Crippen molar-refractivity contribution in [3.8, 4) is 0 Å². The van der Waals surface area contributed by atoms with Crippen molar-refractivity contribution in [2.24, 2.45) is 17.8 Å². The van der Waals surface area contributed by atoms with Gasteiger partial charge in [0.05, 0.1) is 5.92 Å².